The summed E-state index contributed by atoms with van der Waals surface area (Å²) in [5, 5.41) is 5.42. The van der Waals surface area contributed by atoms with E-state index in [9.17, 15) is 0 Å². The zero-order valence-corrected chi connectivity index (χ0v) is 13.8. The Labute approximate surface area is 130 Å². The van der Waals surface area contributed by atoms with Gasteiger partial charge in [-0.3, -0.25) is 0 Å². The fourth-order valence-electron chi connectivity index (χ4n) is 2.02. The van der Waals surface area contributed by atoms with E-state index in [1.54, 1.807) is 11.3 Å². The first-order valence-corrected chi connectivity index (χ1v) is 8.14. The van der Waals surface area contributed by atoms with Crippen LogP contribution >= 0.6 is 22.9 Å². The molecule has 0 spiro atoms. The monoisotopic (exact) mass is 308 g/mol. The third-order valence-corrected chi connectivity index (χ3v) is 4.41. The van der Waals surface area contributed by atoms with Crippen LogP contribution in [0.4, 0.5) is 0 Å². The van der Waals surface area contributed by atoms with Crippen LogP contribution in [0.3, 0.4) is 0 Å². The summed E-state index contributed by atoms with van der Waals surface area (Å²) in [5.74, 6) is 0.675. The maximum atomic E-state index is 6.02. The first-order chi connectivity index (χ1) is 9.54. The van der Waals surface area contributed by atoms with Crippen molar-refractivity contribution in [1.29, 1.82) is 0 Å². The van der Waals surface area contributed by atoms with Crippen LogP contribution in [0, 0.1) is 12.8 Å². The molecular weight excluding hydrogens is 288 g/mol. The quantitative estimate of drug-likeness (QED) is 0.853. The highest BCUT2D eigenvalue weighted by atomic mass is 35.5. The number of aryl methyl sites for hydroxylation is 1. The summed E-state index contributed by atoms with van der Waals surface area (Å²) < 4.78 is 0. The second-order valence-corrected chi connectivity index (χ2v) is 7.05. The molecule has 2 aromatic rings. The molecular formula is C16H21ClN2S. The lowest BCUT2D eigenvalue weighted by Gasteiger charge is -2.05. The van der Waals surface area contributed by atoms with E-state index in [0.717, 1.165) is 35.2 Å². The second-order valence-electron chi connectivity index (χ2n) is 5.45. The molecule has 2 rings (SSSR count). The van der Waals surface area contributed by atoms with Crippen LogP contribution < -0.4 is 5.32 Å². The Morgan fingerprint density at radius 3 is 2.85 bits per heavy atom. The lowest BCUT2D eigenvalue weighted by atomic mass is 10.2. The first-order valence-electron chi connectivity index (χ1n) is 6.95. The number of nitrogens with zero attached hydrogens (tertiary/aromatic N) is 1. The summed E-state index contributed by atoms with van der Waals surface area (Å²) in [4.78, 5) is 6.00. The van der Waals surface area contributed by atoms with Gasteiger partial charge in [0, 0.05) is 22.9 Å². The molecule has 0 bridgehead atoms. The predicted molar refractivity (Wildman–Crippen MR) is 87.7 cm³/mol. The van der Waals surface area contributed by atoms with Crippen LogP contribution in [-0.4, -0.2) is 11.5 Å². The molecule has 2 nitrogen and oxygen atoms in total. The van der Waals surface area contributed by atoms with E-state index in [1.165, 1.54) is 10.4 Å². The second kappa shape index (κ2) is 7.21. The maximum absolute atomic E-state index is 6.02. The van der Waals surface area contributed by atoms with E-state index in [-0.39, 0.29) is 0 Å². The highest BCUT2D eigenvalue weighted by Crippen LogP contribution is 2.22. The van der Waals surface area contributed by atoms with Crippen LogP contribution in [0.2, 0.25) is 5.02 Å². The Bertz CT molecular complexity index is 563. The fraction of sp³-hybridized carbons (Fsp3) is 0.438. The van der Waals surface area contributed by atoms with E-state index in [4.69, 9.17) is 11.6 Å². The molecule has 0 aliphatic carbocycles. The SMILES string of the molecule is Cc1nc(Cc2cccc(Cl)c2)sc1CNCC(C)C. The van der Waals surface area contributed by atoms with Crippen molar-refractivity contribution in [1.82, 2.24) is 10.3 Å². The summed E-state index contributed by atoms with van der Waals surface area (Å²) in [5.41, 5.74) is 2.36. The Morgan fingerprint density at radius 1 is 1.35 bits per heavy atom. The van der Waals surface area contributed by atoms with E-state index in [1.807, 2.05) is 18.2 Å². The Kier molecular flexibility index (Phi) is 5.58. The van der Waals surface area contributed by atoms with Gasteiger partial charge < -0.3 is 5.32 Å². The van der Waals surface area contributed by atoms with Crippen molar-refractivity contribution in [3.63, 3.8) is 0 Å². The van der Waals surface area contributed by atoms with Crippen molar-refractivity contribution in [2.75, 3.05) is 6.54 Å². The van der Waals surface area contributed by atoms with Gasteiger partial charge in [-0.2, -0.15) is 0 Å². The predicted octanol–water partition coefficient (Wildman–Crippen LogP) is 4.44. The Hall–Kier alpha value is -0.900. The van der Waals surface area contributed by atoms with Gasteiger partial charge in [-0.25, -0.2) is 4.98 Å². The minimum Gasteiger partial charge on any atom is -0.312 e. The van der Waals surface area contributed by atoms with Gasteiger partial charge in [-0.05, 0) is 37.1 Å². The largest absolute Gasteiger partial charge is 0.312 e. The van der Waals surface area contributed by atoms with E-state index >= 15 is 0 Å². The van der Waals surface area contributed by atoms with Crippen molar-refractivity contribution < 1.29 is 0 Å². The molecule has 1 heterocycles. The van der Waals surface area contributed by atoms with Crippen LogP contribution in [0.25, 0.3) is 0 Å². The standard InChI is InChI=1S/C16H21ClN2S/c1-11(2)9-18-10-15-12(3)19-16(20-15)8-13-5-4-6-14(17)7-13/h4-7,11,18H,8-10H2,1-3H3. The molecule has 1 N–H and O–H groups in total. The van der Waals surface area contributed by atoms with E-state index < -0.39 is 0 Å². The molecule has 0 fully saturated rings. The summed E-state index contributed by atoms with van der Waals surface area (Å²) in [6, 6.07) is 8.00. The zero-order valence-electron chi connectivity index (χ0n) is 12.2. The average Bonchev–Trinajstić information content (AvgIpc) is 2.69. The first kappa shape index (κ1) is 15.5. The summed E-state index contributed by atoms with van der Waals surface area (Å²) in [6.45, 7) is 8.48. The number of nitrogens with one attached hydrogen (secondary N) is 1. The third kappa shape index (κ3) is 4.58. The van der Waals surface area contributed by atoms with Crippen molar-refractivity contribution in [3.8, 4) is 0 Å². The molecule has 0 atom stereocenters. The molecule has 0 amide bonds. The molecule has 0 radical (unpaired) electrons. The van der Waals surface area contributed by atoms with Gasteiger partial charge in [0.1, 0.15) is 0 Å². The molecule has 0 aliphatic heterocycles. The maximum Gasteiger partial charge on any atom is 0.0975 e. The van der Waals surface area contributed by atoms with E-state index in [2.05, 4.69) is 37.1 Å². The smallest absolute Gasteiger partial charge is 0.0975 e. The number of thiazole rings is 1. The van der Waals surface area contributed by atoms with Crippen LogP contribution in [0.15, 0.2) is 24.3 Å². The summed E-state index contributed by atoms with van der Waals surface area (Å²) >= 11 is 7.81. The van der Waals surface area contributed by atoms with Crippen LogP contribution in [-0.2, 0) is 13.0 Å². The van der Waals surface area contributed by atoms with Gasteiger partial charge >= 0.3 is 0 Å². The van der Waals surface area contributed by atoms with Crippen LogP contribution in [0.1, 0.15) is 35.0 Å². The number of halogens is 1. The highest BCUT2D eigenvalue weighted by Gasteiger charge is 2.08. The zero-order chi connectivity index (χ0) is 14.5. The molecule has 0 aliphatic rings. The summed E-state index contributed by atoms with van der Waals surface area (Å²) in [6.07, 6.45) is 0.857. The number of aromatic nitrogens is 1. The Morgan fingerprint density at radius 2 is 2.15 bits per heavy atom. The van der Waals surface area contributed by atoms with Gasteiger partial charge in [0.05, 0.1) is 10.7 Å². The van der Waals surface area contributed by atoms with Gasteiger partial charge in [-0.15, -0.1) is 11.3 Å². The van der Waals surface area contributed by atoms with Crippen molar-refractivity contribution in [3.05, 3.63) is 50.4 Å². The molecule has 4 heteroatoms. The lowest BCUT2D eigenvalue weighted by Crippen LogP contribution is -2.18. The van der Waals surface area contributed by atoms with Gasteiger partial charge in [0.2, 0.25) is 0 Å². The molecule has 20 heavy (non-hydrogen) atoms. The average molecular weight is 309 g/mol. The van der Waals surface area contributed by atoms with Crippen LogP contribution in [0.5, 0.6) is 0 Å². The van der Waals surface area contributed by atoms with Gasteiger partial charge in [0.15, 0.2) is 0 Å². The number of hydrogen-bond donors (Lipinski definition) is 1. The topological polar surface area (TPSA) is 24.9 Å². The molecule has 1 aromatic carbocycles. The van der Waals surface area contributed by atoms with E-state index in [0.29, 0.717) is 5.92 Å². The lowest BCUT2D eigenvalue weighted by molar-refractivity contribution is 0.554. The highest BCUT2D eigenvalue weighted by molar-refractivity contribution is 7.11. The van der Waals surface area contributed by atoms with Crippen molar-refractivity contribution in [2.45, 2.75) is 33.7 Å². The molecule has 1 aromatic heterocycles. The minimum absolute atomic E-state index is 0.675. The normalized spacial score (nSPS) is 11.2. The van der Waals surface area contributed by atoms with Gasteiger partial charge in [-0.1, -0.05) is 37.6 Å². The minimum atomic E-state index is 0.675. The fourth-order valence-corrected chi connectivity index (χ4v) is 3.31. The number of rotatable bonds is 6. The number of hydrogen-bond acceptors (Lipinski definition) is 3. The Balaban J connectivity index is 2.00. The van der Waals surface area contributed by atoms with Gasteiger partial charge in [0.25, 0.3) is 0 Å². The molecule has 108 valence electrons. The molecule has 0 unspecified atom stereocenters. The third-order valence-electron chi connectivity index (χ3n) is 3.02. The number of benzene rings is 1. The van der Waals surface area contributed by atoms with Crippen molar-refractivity contribution >= 4 is 22.9 Å². The molecule has 0 saturated carbocycles. The molecule has 0 saturated heterocycles. The van der Waals surface area contributed by atoms with Crippen molar-refractivity contribution in [2.24, 2.45) is 5.92 Å². The summed E-state index contributed by atoms with van der Waals surface area (Å²) in [7, 11) is 0.